The van der Waals surface area contributed by atoms with Crippen molar-refractivity contribution in [2.24, 2.45) is 10.1 Å². The van der Waals surface area contributed by atoms with Crippen molar-refractivity contribution in [1.82, 2.24) is 4.68 Å². The van der Waals surface area contributed by atoms with Gasteiger partial charge < -0.3 is 4.42 Å². The molecule has 0 aliphatic rings. The van der Waals surface area contributed by atoms with Gasteiger partial charge in [-0.15, -0.1) is 11.3 Å². The Morgan fingerprint density at radius 3 is 2.40 bits per heavy atom. The fourth-order valence-corrected chi connectivity index (χ4v) is 4.54. The molecule has 0 aliphatic carbocycles. The van der Waals surface area contributed by atoms with Gasteiger partial charge in [0.05, 0.1) is 11.9 Å². The molecule has 5 rings (SSSR count). The first-order chi connectivity index (χ1) is 17.2. The van der Waals surface area contributed by atoms with Crippen molar-refractivity contribution in [3.63, 3.8) is 0 Å². The Morgan fingerprint density at radius 1 is 0.886 bits per heavy atom. The van der Waals surface area contributed by atoms with Crippen molar-refractivity contribution in [3.05, 3.63) is 124 Å². The molecular formula is C29H24FN3OS. The van der Waals surface area contributed by atoms with E-state index in [0.29, 0.717) is 18.1 Å². The highest BCUT2D eigenvalue weighted by Crippen LogP contribution is 2.23. The van der Waals surface area contributed by atoms with E-state index in [4.69, 9.17) is 14.5 Å². The summed E-state index contributed by atoms with van der Waals surface area (Å²) in [6.45, 7) is 2.74. The van der Waals surface area contributed by atoms with Crippen LogP contribution in [0.2, 0.25) is 0 Å². The number of thiazole rings is 1. The smallest absolute Gasteiger partial charge is 0.206 e. The summed E-state index contributed by atoms with van der Waals surface area (Å²) >= 11 is 1.57. The molecule has 0 aliphatic heterocycles. The first-order valence-electron chi connectivity index (χ1n) is 11.4. The average Bonchev–Trinajstić information content (AvgIpc) is 3.52. The topological polar surface area (TPSA) is 42.8 Å². The van der Waals surface area contributed by atoms with Gasteiger partial charge in [-0.1, -0.05) is 60.2 Å². The zero-order valence-electron chi connectivity index (χ0n) is 19.3. The van der Waals surface area contributed by atoms with Gasteiger partial charge in [0.25, 0.3) is 0 Å². The molecular weight excluding hydrogens is 457 g/mol. The monoisotopic (exact) mass is 481 g/mol. The summed E-state index contributed by atoms with van der Waals surface area (Å²) in [4.78, 5) is 5.66. The van der Waals surface area contributed by atoms with Crippen molar-refractivity contribution in [2.75, 3.05) is 6.54 Å². The molecule has 5 aromatic rings. The maximum Gasteiger partial charge on any atom is 0.206 e. The fourth-order valence-electron chi connectivity index (χ4n) is 3.67. The number of hydrogen-bond donors (Lipinski definition) is 0. The Bertz CT molecular complexity index is 1490. The summed E-state index contributed by atoms with van der Waals surface area (Å²) in [5, 5.41) is 6.82. The summed E-state index contributed by atoms with van der Waals surface area (Å²) in [5.41, 5.74) is 5.31. The highest BCUT2D eigenvalue weighted by molar-refractivity contribution is 7.07. The lowest BCUT2D eigenvalue weighted by Gasteiger charge is -2.04. The van der Waals surface area contributed by atoms with Crippen molar-refractivity contribution in [1.29, 1.82) is 0 Å². The SMILES string of the molecule is Cc1ccc(-c2csc(=NCCc3ccccc3)n2/N=C/c2ccc(-c3ccc(F)cc3)o2)cc1. The Hall–Kier alpha value is -4.03. The van der Waals surface area contributed by atoms with Crippen LogP contribution in [0.5, 0.6) is 0 Å². The van der Waals surface area contributed by atoms with Crippen LogP contribution in [0.25, 0.3) is 22.6 Å². The largest absolute Gasteiger partial charge is 0.455 e. The predicted octanol–water partition coefficient (Wildman–Crippen LogP) is 6.95. The van der Waals surface area contributed by atoms with Gasteiger partial charge in [0.2, 0.25) is 4.80 Å². The minimum absolute atomic E-state index is 0.275. The molecule has 0 saturated heterocycles. The minimum Gasteiger partial charge on any atom is -0.455 e. The van der Waals surface area contributed by atoms with E-state index in [1.807, 2.05) is 35.0 Å². The van der Waals surface area contributed by atoms with Crippen molar-refractivity contribution < 1.29 is 8.81 Å². The quantitative estimate of drug-likeness (QED) is 0.232. The van der Waals surface area contributed by atoms with Crippen LogP contribution in [0.15, 0.2) is 111 Å². The molecule has 2 heterocycles. The zero-order valence-corrected chi connectivity index (χ0v) is 20.1. The molecule has 0 fully saturated rings. The predicted molar refractivity (Wildman–Crippen MR) is 140 cm³/mol. The van der Waals surface area contributed by atoms with E-state index in [-0.39, 0.29) is 5.82 Å². The molecule has 174 valence electrons. The zero-order chi connectivity index (χ0) is 24.0. The van der Waals surface area contributed by atoms with Gasteiger partial charge in [-0.2, -0.15) is 5.10 Å². The second-order valence-corrected chi connectivity index (χ2v) is 8.99. The summed E-state index contributed by atoms with van der Waals surface area (Å²) in [5.74, 6) is 0.990. The molecule has 0 spiro atoms. The van der Waals surface area contributed by atoms with E-state index in [2.05, 4.69) is 48.7 Å². The molecule has 4 nitrogen and oxygen atoms in total. The third-order valence-electron chi connectivity index (χ3n) is 5.58. The summed E-state index contributed by atoms with van der Waals surface area (Å²) in [6, 6.07) is 28.7. The standard InChI is InChI=1S/C29H24FN3OS/c1-21-7-9-23(10-8-21)27-20-35-29(31-18-17-22-5-3-2-4-6-22)33(27)32-19-26-15-16-28(34-26)24-11-13-25(30)14-12-24/h2-16,19-20H,17-18H2,1H3/b31-29?,32-19+. The van der Waals surface area contributed by atoms with E-state index in [0.717, 1.165) is 28.0 Å². The van der Waals surface area contributed by atoms with Crippen LogP contribution in [-0.4, -0.2) is 17.4 Å². The van der Waals surface area contributed by atoms with Gasteiger partial charge in [-0.3, -0.25) is 4.99 Å². The number of hydrogen-bond acceptors (Lipinski definition) is 4. The number of furan rings is 1. The Labute approximate surface area is 207 Å². The molecule has 2 aromatic heterocycles. The summed E-state index contributed by atoms with van der Waals surface area (Å²) in [6.07, 6.45) is 2.55. The van der Waals surface area contributed by atoms with Gasteiger partial charge in [0.15, 0.2) is 0 Å². The number of benzene rings is 3. The van der Waals surface area contributed by atoms with Crippen LogP contribution in [0, 0.1) is 12.7 Å². The molecule has 0 bridgehead atoms. The van der Waals surface area contributed by atoms with E-state index in [1.165, 1.54) is 23.3 Å². The maximum atomic E-state index is 13.2. The average molecular weight is 482 g/mol. The normalized spacial score (nSPS) is 12.0. The lowest BCUT2D eigenvalue weighted by atomic mass is 10.1. The number of aryl methyl sites for hydroxylation is 1. The van der Waals surface area contributed by atoms with Gasteiger partial charge in [0, 0.05) is 23.1 Å². The molecule has 0 atom stereocenters. The summed E-state index contributed by atoms with van der Waals surface area (Å²) in [7, 11) is 0. The number of nitrogens with zero attached hydrogens (tertiary/aromatic N) is 3. The highest BCUT2D eigenvalue weighted by atomic mass is 32.1. The van der Waals surface area contributed by atoms with Crippen LogP contribution in [0.3, 0.4) is 0 Å². The van der Waals surface area contributed by atoms with E-state index in [1.54, 1.807) is 29.7 Å². The molecule has 35 heavy (non-hydrogen) atoms. The van der Waals surface area contributed by atoms with Crippen molar-refractivity contribution in [2.45, 2.75) is 13.3 Å². The van der Waals surface area contributed by atoms with E-state index in [9.17, 15) is 4.39 Å². The van der Waals surface area contributed by atoms with Crippen LogP contribution in [0.4, 0.5) is 4.39 Å². The molecule has 0 saturated carbocycles. The Kier molecular flexibility index (Phi) is 6.82. The highest BCUT2D eigenvalue weighted by Gasteiger charge is 2.09. The maximum absolute atomic E-state index is 13.2. The van der Waals surface area contributed by atoms with Crippen LogP contribution >= 0.6 is 11.3 Å². The number of aromatic nitrogens is 1. The number of halogens is 1. The lowest BCUT2D eigenvalue weighted by Crippen LogP contribution is -2.13. The Balaban J connectivity index is 1.45. The van der Waals surface area contributed by atoms with Gasteiger partial charge >= 0.3 is 0 Å². The first-order valence-corrected chi connectivity index (χ1v) is 12.3. The second-order valence-electron chi connectivity index (χ2n) is 8.15. The third kappa shape index (κ3) is 5.55. The first kappa shape index (κ1) is 22.7. The van der Waals surface area contributed by atoms with Crippen molar-refractivity contribution in [3.8, 4) is 22.6 Å². The van der Waals surface area contributed by atoms with Crippen LogP contribution in [0.1, 0.15) is 16.9 Å². The molecule has 0 amide bonds. The van der Waals surface area contributed by atoms with Crippen molar-refractivity contribution >= 4 is 17.6 Å². The molecule has 3 aromatic carbocycles. The lowest BCUT2D eigenvalue weighted by molar-refractivity contribution is 0.573. The molecule has 0 N–H and O–H groups in total. The molecule has 0 unspecified atom stereocenters. The van der Waals surface area contributed by atoms with Gasteiger partial charge in [-0.05, 0) is 55.3 Å². The van der Waals surface area contributed by atoms with E-state index >= 15 is 0 Å². The van der Waals surface area contributed by atoms with Crippen LogP contribution in [-0.2, 0) is 6.42 Å². The minimum atomic E-state index is -0.275. The fraction of sp³-hybridized carbons (Fsp3) is 0.103. The second kappa shape index (κ2) is 10.5. The van der Waals surface area contributed by atoms with Crippen LogP contribution < -0.4 is 4.80 Å². The molecule has 6 heteroatoms. The molecule has 0 radical (unpaired) electrons. The van der Waals surface area contributed by atoms with Gasteiger partial charge in [-0.25, -0.2) is 9.07 Å². The number of rotatable bonds is 7. The van der Waals surface area contributed by atoms with Gasteiger partial charge in [0.1, 0.15) is 17.3 Å². The third-order valence-corrected chi connectivity index (χ3v) is 6.43. The Morgan fingerprint density at radius 2 is 1.63 bits per heavy atom. The van der Waals surface area contributed by atoms with E-state index < -0.39 is 0 Å². The summed E-state index contributed by atoms with van der Waals surface area (Å²) < 4.78 is 21.0.